The van der Waals surface area contributed by atoms with Gasteiger partial charge in [-0.25, -0.2) is 4.79 Å². The first-order chi connectivity index (χ1) is 10.6. The molecule has 1 unspecified atom stereocenters. The third-order valence-corrected chi connectivity index (χ3v) is 3.98. The van der Waals surface area contributed by atoms with Gasteiger partial charge in [0.2, 0.25) is 0 Å². The molecule has 0 spiro atoms. The normalized spacial score (nSPS) is 13.6. The SMILES string of the molecule is CCCC[C@H](CC)C(OCC(=O)OCC)c1cccc(Cl)c1. The summed E-state index contributed by atoms with van der Waals surface area (Å²) in [5.74, 6) is 0.0488. The van der Waals surface area contributed by atoms with Crippen molar-refractivity contribution in [3.8, 4) is 0 Å². The van der Waals surface area contributed by atoms with Crippen molar-refractivity contribution in [2.75, 3.05) is 13.2 Å². The van der Waals surface area contributed by atoms with Crippen molar-refractivity contribution in [1.29, 1.82) is 0 Å². The Kier molecular flexibility index (Phi) is 9.17. The predicted octanol–water partition coefficient (Wildman–Crippen LogP) is 5.18. The van der Waals surface area contributed by atoms with Gasteiger partial charge in [0.1, 0.15) is 6.61 Å². The Morgan fingerprint density at radius 1 is 1.27 bits per heavy atom. The predicted molar refractivity (Wildman–Crippen MR) is 90.1 cm³/mol. The Morgan fingerprint density at radius 3 is 2.64 bits per heavy atom. The average Bonchev–Trinajstić information content (AvgIpc) is 2.50. The lowest BCUT2D eigenvalue weighted by Gasteiger charge is -2.27. The standard InChI is InChI=1S/C18H27ClO3/c1-4-7-9-14(5-2)18(22-13-17(20)21-6-3)15-10-8-11-16(19)12-15/h8,10-12,14,18H,4-7,9,13H2,1-3H3/t14-,18?/m0/s1. The minimum atomic E-state index is -0.320. The van der Waals surface area contributed by atoms with Crippen molar-refractivity contribution in [3.05, 3.63) is 34.9 Å². The summed E-state index contributed by atoms with van der Waals surface area (Å²) in [4.78, 5) is 11.6. The molecule has 0 bridgehead atoms. The van der Waals surface area contributed by atoms with E-state index in [1.165, 1.54) is 0 Å². The summed E-state index contributed by atoms with van der Waals surface area (Å²) in [6, 6.07) is 7.70. The lowest BCUT2D eigenvalue weighted by molar-refractivity contribution is -0.152. The van der Waals surface area contributed by atoms with E-state index in [9.17, 15) is 4.79 Å². The first kappa shape index (κ1) is 19.0. The number of carbonyl (C=O) groups is 1. The third kappa shape index (κ3) is 6.37. The van der Waals surface area contributed by atoms with Crippen LogP contribution in [-0.4, -0.2) is 19.2 Å². The largest absolute Gasteiger partial charge is 0.464 e. The molecule has 1 aromatic rings. The summed E-state index contributed by atoms with van der Waals surface area (Å²) in [6.07, 6.45) is 4.25. The average molecular weight is 327 g/mol. The summed E-state index contributed by atoms with van der Waals surface area (Å²) in [6.45, 7) is 6.49. The number of carbonyl (C=O) groups excluding carboxylic acids is 1. The molecule has 0 radical (unpaired) electrons. The van der Waals surface area contributed by atoms with Gasteiger partial charge in [-0.15, -0.1) is 0 Å². The maximum atomic E-state index is 11.6. The highest BCUT2D eigenvalue weighted by atomic mass is 35.5. The van der Waals surface area contributed by atoms with Crippen molar-refractivity contribution < 1.29 is 14.3 Å². The van der Waals surface area contributed by atoms with Gasteiger partial charge in [-0.05, 0) is 37.0 Å². The highest BCUT2D eigenvalue weighted by molar-refractivity contribution is 6.30. The lowest BCUT2D eigenvalue weighted by atomic mass is 9.89. The van der Waals surface area contributed by atoms with Crippen molar-refractivity contribution in [1.82, 2.24) is 0 Å². The van der Waals surface area contributed by atoms with Crippen LogP contribution in [0.25, 0.3) is 0 Å². The Balaban J connectivity index is 2.85. The first-order valence-electron chi connectivity index (χ1n) is 8.15. The lowest BCUT2D eigenvalue weighted by Crippen LogP contribution is -2.21. The van der Waals surface area contributed by atoms with Gasteiger partial charge in [0.25, 0.3) is 0 Å². The zero-order chi connectivity index (χ0) is 16.4. The van der Waals surface area contributed by atoms with Gasteiger partial charge >= 0.3 is 5.97 Å². The number of hydrogen-bond donors (Lipinski definition) is 0. The second kappa shape index (κ2) is 10.6. The van der Waals surface area contributed by atoms with Crippen molar-refractivity contribution in [2.24, 2.45) is 5.92 Å². The molecule has 0 aliphatic heterocycles. The second-order valence-corrected chi connectivity index (χ2v) is 5.84. The molecule has 124 valence electrons. The van der Waals surface area contributed by atoms with E-state index in [0.717, 1.165) is 31.2 Å². The number of hydrogen-bond acceptors (Lipinski definition) is 3. The summed E-state index contributed by atoms with van der Waals surface area (Å²) in [7, 11) is 0. The Labute approximate surface area is 139 Å². The fraction of sp³-hybridized carbons (Fsp3) is 0.611. The quantitative estimate of drug-likeness (QED) is 0.556. The molecule has 0 aromatic heterocycles. The van der Waals surface area contributed by atoms with Gasteiger partial charge in [-0.1, -0.05) is 56.8 Å². The fourth-order valence-corrected chi connectivity index (χ4v) is 2.78. The second-order valence-electron chi connectivity index (χ2n) is 5.40. The highest BCUT2D eigenvalue weighted by Gasteiger charge is 2.23. The Hall–Kier alpha value is -1.06. The van der Waals surface area contributed by atoms with Gasteiger partial charge < -0.3 is 9.47 Å². The topological polar surface area (TPSA) is 35.5 Å². The number of rotatable bonds is 10. The van der Waals surface area contributed by atoms with E-state index < -0.39 is 0 Å². The van der Waals surface area contributed by atoms with E-state index in [0.29, 0.717) is 17.5 Å². The summed E-state index contributed by atoms with van der Waals surface area (Å²) >= 11 is 6.11. The summed E-state index contributed by atoms with van der Waals surface area (Å²) < 4.78 is 10.9. The molecule has 1 rings (SSSR count). The van der Waals surface area contributed by atoms with E-state index >= 15 is 0 Å². The van der Waals surface area contributed by atoms with Crippen LogP contribution < -0.4 is 0 Å². The van der Waals surface area contributed by atoms with Crippen LogP contribution >= 0.6 is 11.6 Å². The molecule has 0 aliphatic carbocycles. The van der Waals surface area contributed by atoms with Crippen LogP contribution in [0.5, 0.6) is 0 Å². The van der Waals surface area contributed by atoms with Gasteiger partial charge in [-0.3, -0.25) is 0 Å². The maximum absolute atomic E-state index is 11.6. The Morgan fingerprint density at radius 2 is 2.05 bits per heavy atom. The van der Waals surface area contributed by atoms with Crippen LogP contribution in [0.3, 0.4) is 0 Å². The van der Waals surface area contributed by atoms with E-state index in [1.807, 2.05) is 24.3 Å². The van der Waals surface area contributed by atoms with Crippen LogP contribution in [0.1, 0.15) is 58.1 Å². The third-order valence-electron chi connectivity index (χ3n) is 3.74. The maximum Gasteiger partial charge on any atom is 0.332 e. The minimum absolute atomic E-state index is 0.0202. The number of benzene rings is 1. The smallest absolute Gasteiger partial charge is 0.332 e. The fourth-order valence-electron chi connectivity index (χ4n) is 2.58. The molecule has 0 saturated carbocycles. The van der Waals surface area contributed by atoms with Crippen molar-refractivity contribution in [3.63, 3.8) is 0 Å². The molecule has 0 fully saturated rings. The van der Waals surface area contributed by atoms with E-state index in [2.05, 4.69) is 13.8 Å². The van der Waals surface area contributed by atoms with Crippen molar-refractivity contribution >= 4 is 17.6 Å². The molecule has 4 heteroatoms. The van der Waals surface area contributed by atoms with Gasteiger partial charge in [-0.2, -0.15) is 0 Å². The van der Waals surface area contributed by atoms with Crippen LogP contribution in [0, 0.1) is 5.92 Å². The van der Waals surface area contributed by atoms with Gasteiger partial charge in [0.05, 0.1) is 12.7 Å². The van der Waals surface area contributed by atoms with Gasteiger partial charge in [0.15, 0.2) is 0 Å². The van der Waals surface area contributed by atoms with E-state index in [-0.39, 0.29) is 18.7 Å². The molecule has 0 N–H and O–H groups in total. The molecule has 0 aliphatic rings. The first-order valence-corrected chi connectivity index (χ1v) is 8.52. The van der Waals surface area contributed by atoms with Crippen LogP contribution in [0.15, 0.2) is 24.3 Å². The Bertz CT molecular complexity index is 448. The zero-order valence-corrected chi connectivity index (χ0v) is 14.6. The van der Waals surface area contributed by atoms with E-state index in [4.69, 9.17) is 21.1 Å². The monoisotopic (exact) mass is 326 g/mol. The number of halogens is 1. The molecule has 0 heterocycles. The molecular weight excluding hydrogens is 300 g/mol. The minimum Gasteiger partial charge on any atom is -0.464 e. The van der Waals surface area contributed by atoms with Crippen LogP contribution in [-0.2, 0) is 14.3 Å². The molecule has 2 atom stereocenters. The summed E-state index contributed by atoms with van der Waals surface area (Å²) in [5, 5.41) is 0.688. The van der Waals surface area contributed by atoms with Crippen molar-refractivity contribution in [2.45, 2.75) is 52.6 Å². The number of ether oxygens (including phenoxy) is 2. The summed E-state index contributed by atoms with van der Waals surface area (Å²) in [5.41, 5.74) is 1.03. The van der Waals surface area contributed by atoms with Crippen LogP contribution in [0.2, 0.25) is 5.02 Å². The molecule has 1 aromatic carbocycles. The van der Waals surface area contributed by atoms with Crippen LogP contribution in [0.4, 0.5) is 0 Å². The number of esters is 1. The van der Waals surface area contributed by atoms with E-state index in [1.54, 1.807) is 6.92 Å². The molecule has 0 saturated heterocycles. The highest BCUT2D eigenvalue weighted by Crippen LogP contribution is 2.33. The van der Waals surface area contributed by atoms with Gasteiger partial charge in [0, 0.05) is 5.02 Å². The molecular formula is C18H27ClO3. The zero-order valence-electron chi connectivity index (χ0n) is 13.8. The molecule has 22 heavy (non-hydrogen) atoms. The number of unbranched alkanes of at least 4 members (excludes halogenated alkanes) is 1. The molecule has 0 amide bonds. The molecule has 3 nitrogen and oxygen atoms in total.